The van der Waals surface area contributed by atoms with E-state index in [4.69, 9.17) is 4.42 Å². The Morgan fingerprint density at radius 1 is 1.14 bits per heavy atom. The number of carbonyl (C=O) groups is 2. The number of carbonyl (C=O) groups excluding carboxylic acids is 2. The van der Waals surface area contributed by atoms with Gasteiger partial charge in [-0.3, -0.25) is 23.9 Å². The fraction of sp³-hybridized carbons (Fsp3) is 0.200. The maximum absolute atomic E-state index is 14.5. The van der Waals surface area contributed by atoms with Gasteiger partial charge in [0, 0.05) is 12.6 Å². The molecular weight excluding hydrogens is 511 g/mol. The number of amides is 2. The summed E-state index contributed by atoms with van der Waals surface area (Å²) in [4.78, 5) is 49.9. The average Bonchev–Trinajstić information content (AvgIpc) is 3.37. The van der Waals surface area contributed by atoms with Crippen LogP contribution in [0.1, 0.15) is 18.2 Å². The normalized spacial score (nSPS) is 17.5. The van der Waals surface area contributed by atoms with Crippen LogP contribution in [0.25, 0.3) is 0 Å². The van der Waals surface area contributed by atoms with Gasteiger partial charge >= 0.3 is 11.9 Å². The molecule has 1 aliphatic rings. The number of rotatable bonds is 6. The summed E-state index contributed by atoms with van der Waals surface area (Å²) in [5.41, 5.74) is -8.04. The number of benzene rings is 1. The number of furan rings is 1. The molecule has 0 aliphatic carbocycles. The number of alkyl halides is 3. The van der Waals surface area contributed by atoms with E-state index < -0.39 is 67.6 Å². The lowest BCUT2D eigenvalue weighted by molar-refractivity contribution is -0.194. The van der Waals surface area contributed by atoms with Gasteiger partial charge in [0.15, 0.2) is 0 Å². The van der Waals surface area contributed by atoms with Gasteiger partial charge in [0.2, 0.25) is 21.5 Å². The van der Waals surface area contributed by atoms with Crippen LogP contribution in [0.15, 0.2) is 61.6 Å². The third-order valence-electron chi connectivity index (χ3n) is 5.24. The zero-order valence-corrected chi connectivity index (χ0v) is 18.9. The number of aromatic amines is 1. The molecule has 1 atom stereocenters. The van der Waals surface area contributed by atoms with Crippen molar-refractivity contribution in [2.24, 2.45) is 0 Å². The molecule has 16 heteroatoms. The van der Waals surface area contributed by atoms with E-state index in [1.54, 1.807) is 4.98 Å². The van der Waals surface area contributed by atoms with Gasteiger partial charge in [-0.1, -0.05) is 0 Å². The Labute approximate surface area is 199 Å². The monoisotopic (exact) mass is 527 g/mol. The van der Waals surface area contributed by atoms with Crippen LogP contribution < -0.4 is 26.6 Å². The Morgan fingerprint density at radius 3 is 2.36 bits per heavy atom. The minimum atomic E-state index is -5.66. The summed E-state index contributed by atoms with van der Waals surface area (Å²) in [5.74, 6) is -3.15. The highest BCUT2D eigenvalue weighted by atomic mass is 32.2. The van der Waals surface area contributed by atoms with Crippen LogP contribution in [0.5, 0.6) is 0 Å². The summed E-state index contributed by atoms with van der Waals surface area (Å²) in [6.07, 6.45) is -4.43. The lowest BCUT2D eigenvalue weighted by Gasteiger charge is -2.29. The largest absolute Gasteiger partial charge is 0.467 e. The number of anilines is 2. The Kier molecular flexibility index (Phi) is 5.88. The number of hydrogen-bond acceptors (Lipinski definition) is 7. The summed E-state index contributed by atoms with van der Waals surface area (Å²) in [5, 5.41) is 4.19. The van der Waals surface area contributed by atoms with Gasteiger partial charge in [-0.05, 0) is 36.4 Å². The molecular formula is C20H16F3N5O7S. The highest BCUT2D eigenvalue weighted by Gasteiger charge is 2.69. The topological polar surface area (TPSA) is 172 Å². The van der Waals surface area contributed by atoms with Crippen LogP contribution in [0.4, 0.5) is 24.7 Å². The summed E-state index contributed by atoms with van der Waals surface area (Å²) in [7, 11) is -5.10. The predicted octanol–water partition coefficient (Wildman–Crippen LogP) is 0.824. The zero-order valence-electron chi connectivity index (χ0n) is 18.1. The van der Waals surface area contributed by atoms with Crippen molar-refractivity contribution in [3.63, 3.8) is 0 Å². The van der Waals surface area contributed by atoms with Gasteiger partial charge in [0.05, 0.1) is 23.3 Å². The highest BCUT2D eigenvalue weighted by molar-refractivity contribution is 7.89. The molecule has 0 fully saturated rings. The zero-order chi connectivity index (χ0) is 26.5. The fourth-order valence-electron chi connectivity index (χ4n) is 3.68. The van der Waals surface area contributed by atoms with E-state index in [2.05, 4.69) is 5.32 Å². The smallest absolute Gasteiger partial charge is 0.421 e. The SMILES string of the molecule is CC(=O)Nc1ccc(S(=O)(=O)N[C@]2(C(F)(F)F)C(=O)Nc3c2c(=O)[nH]c(=O)n3Cc2ccco2)cc1. The van der Waals surface area contributed by atoms with Crippen molar-refractivity contribution in [1.29, 1.82) is 0 Å². The summed E-state index contributed by atoms with van der Waals surface area (Å²) in [6, 6.07) is 6.86. The van der Waals surface area contributed by atoms with E-state index in [9.17, 15) is 40.8 Å². The lowest BCUT2D eigenvalue weighted by atomic mass is 9.94. The van der Waals surface area contributed by atoms with Crippen molar-refractivity contribution in [2.45, 2.75) is 30.1 Å². The second-order valence-electron chi connectivity index (χ2n) is 7.66. The average molecular weight is 527 g/mol. The van der Waals surface area contributed by atoms with Crippen LogP contribution in [0.2, 0.25) is 0 Å². The summed E-state index contributed by atoms with van der Waals surface area (Å²) >= 11 is 0. The molecule has 3 aromatic rings. The van der Waals surface area contributed by atoms with Crippen LogP contribution in [0, 0.1) is 0 Å². The fourth-order valence-corrected chi connectivity index (χ4v) is 5.01. The van der Waals surface area contributed by atoms with Gasteiger partial charge in [0.1, 0.15) is 11.6 Å². The van der Waals surface area contributed by atoms with E-state index in [0.717, 1.165) is 24.3 Å². The number of aromatic nitrogens is 2. The van der Waals surface area contributed by atoms with Crippen LogP contribution in [0.3, 0.4) is 0 Å². The molecule has 4 rings (SSSR count). The number of nitrogens with one attached hydrogen (secondary N) is 4. The third kappa shape index (κ3) is 4.09. The Morgan fingerprint density at radius 2 is 1.81 bits per heavy atom. The Bertz CT molecular complexity index is 1580. The van der Waals surface area contributed by atoms with Crippen molar-refractivity contribution >= 4 is 33.3 Å². The van der Waals surface area contributed by atoms with E-state index in [0.29, 0.717) is 4.57 Å². The molecule has 12 nitrogen and oxygen atoms in total. The van der Waals surface area contributed by atoms with Crippen molar-refractivity contribution in [1.82, 2.24) is 14.3 Å². The van der Waals surface area contributed by atoms with Crippen molar-refractivity contribution < 1.29 is 35.6 Å². The van der Waals surface area contributed by atoms with Crippen molar-refractivity contribution in [2.75, 3.05) is 10.6 Å². The highest BCUT2D eigenvalue weighted by Crippen LogP contribution is 2.45. The van der Waals surface area contributed by atoms with Crippen LogP contribution in [-0.4, -0.2) is 36.0 Å². The molecule has 36 heavy (non-hydrogen) atoms. The van der Waals surface area contributed by atoms with Crippen LogP contribution in [-0.2, 0) is 31.7 Å². The molecule has 4 N–H and O–H groups in total. The molecule has 2 aromatic heterocycles. The number of halogens is 3. The third-order valence-corrected chi connectivity index (χ3v) is 6.71. The number of H-pyrrole nitrogens is 1. The second-order valence-corrected chi connectivity index (χ2v) is 9.34. The standard InChI is InChI=1S/C20H16F3N5O7S/c1-10(29)24-11-4-6-13(7-5-11)36(33,34)27-19(20(21,22)23)14-15(25-17(19)31)28(18(32)26-16(14)30)9-12-3-2-8-35-12/h2-8,27H,9H2,1H3,(H,24,29)(H,25,31)(H,26,30,32)/t19-/m0/s1. The molecule has 0 spiro atoms. The number of sulfonamides is 1. The molecule has 0 radical (unpaired) electrons. The minimum Gasteiger partial charge on any atom is -0.467 e. The molecule has 0 bridgehead atoms. The molecule has 1 aromatic carbocycles. The number of hydrogen-bond donors (Lipinski definition) is 4. The molecule has 0 unspecified atom stereocenters. The summed E-state index contributed by atoms with van der Waals surface area (Å²) < 4.78 is 76.4. The van der Waals surface area contributed by atoms with Gasteiger partial charge in [-0.25, -0.2) is 13.2 Å². The van der Waals surface area contributed by atoms with Gasteiger partial charge in [0.25, 0.3) is 11.5 Å². The van der Waals surface area contributed by atoms with E-state index in [1.165, 1.54) is 30.0 Å². The van der Waals surface area contributed by atoms with Crippen LogP contribution >= 0.6 is 0 Å². The van der Waals surface area contributed by atoms with E-state index >= 15 is 0 Å². The molecule has 0 saturated heterocycles. The minimum absolute atomic E-state index is 0.102. The Balaban J connectivity index is 1.87. The Hall–Kier alpha value is -4.18. The quantitative estimate of drug-likeness (QED) is 0.367. The number of nitrogens with zero attached hydrogens (tertiary/aromatic N) is 1. The van der Waals surface area contributed by atoms with Crippen molar-refractivity contribution in [3.8, 4) is 0 Å². The van der Waals surface area contributed by atoms with Gasteiger partial charge in [-0.15, -0.1) is 0 Å². The predicted molar refractivity (Wildman–Crippen MR) is 117 cm³/mol. The second kappa shape index (κ2) is 8.49. The van der Waals surface area contributed by atoms with Crippen molar-refractivity contribution in [3.05, 3.63) is 74.8 Å². The first kappa shape index (κ1) is 24.9. The summed E-state index contributed by atoms with van der Waals surface area (Å²) in [6.45, 7) is 0.717. The first-order chi connectivity index (χ1) is 16.8. The molecule has 0 saturated carbocycles. The molecule has 190 valence electrons. The first-order valence-corrected chi connectivity index (χ1v) is 11.4. The first-order valence-electron chi connectivity index (χ1n) is 9.96. The van der Waals surface area contributed by atoms with Gasteiger partial charge in [-0.2, -0.15) is 17.9 Å². The number of fused-ring (bicyclic) bond motifs is 1. The van der Waals surface area contributed by atoms with Gasteiger partial charge < -0.3 is 15.1 Å². The van der Waals surface area contributed by atoms with E-state index in [-0.39, 0.29) is 11.4 Å². The van der Waals surface area contributed by atoms with E-state index in [1.807, 2.05) is 5.32 Å². The maximum Gasteiger partial charge on any atom is 0.421 e. The lowest BCUT2D eigenvalue weighted by Crippen LogP contribution is -2.61. The molecule has 1 aliphatic heterocycles. The molecule has 2 amide bonds. The maximum atomic E-state index is 14.5. The molecule has 3 heterocycles.